The maximum atomic E-state index is 12.6. The fraction of sp³-hybridized carbons (Fsp3) is 0.562. The average Bonchev–Trinajstić information content (AvgIpc) is 2.44. The molecule has 0 heterocycles. The predicted octanol–water partition coefficient (Wildman–Crippen LogP) is 3.77. The normalized spacial score (nSPS) is 10.6. The van der Waals surface area contributed by atoms with Crippen LogP contribution in [0.1, 0.15) is 48.5 Å². The van der Waals surface area contributed by atoms with Gasteiger partial charge in [-0.3, -0.25) is 4.79 Å². The number of aliphatic hydroxyl groups is 1. The van der Waals surface area contributed by atoms with Gasteiger partial charge in [-0.25, -0.2) is 0 Å². The highest BCUT2D eigenvalue weighted by Crippen LogP contribution is 2.20. The molecular formula is C16H24BrNO2. The van der Waals surface area contributed by atoms with Gasteiger partial charge in [0.15, 0.2) is 0 Å². The highest BCUT2D eigenvalue weighted by atomic mass is 79.9. The molecule has 1 aromatic carbocycles. The van der Waals surface area contributed by atoms with E-state index in [1.54, 1.807) is 4.90 Å². The zero-order valence-corrected chi connectivity index (χ0v) is 13.9. The van der Waals surface area contributed by atoms with Crippen LogP contribution in [0.2, 0.25) is 0 Å². The number of rotatable bonds is 8. The van der Waals surface area contributed by atoms with Gasteiger partial charge in [-0.2, -0.15) is 0 Å². The zero-order chi connectivity index (χ0) is 15.0. The third-order valence-electron chi connectivity index (χ3n) is 3.29. The first-order chi connectivity index (χ1) is 9.60. The van der Waals surface area contributed by atoms with E-state index in [4.69, 9.17) is 5.11 Å². The Bertz CT molecular complexity index is 434. The molecule has 0 spiro atoms. The number of unbranched alkanes of at least 4 members (excludes halogenated alkanes) is 3. The molecule has 20 heavy (non-hydrogen) atoms. The number of halogens is 1. The largest absolute Gasteiger partial charge is 0.395 e. The van der Waals surface area contributed by atoms with Gasteiger partial charge in [0.05, 0.1) is 12.2 Å². The van der Waals surface area contributed by atoms with Crippen molar-refractivity contribution in [1.29, 1.82) is 0 Å². The maximum Gasteiger partial charge on any atom is 0.255 e. The summed E-state index contributed by atoms with van der Waals surface area (Å²) in [5.74, 6) is -0.00822. The van der Waals surface area contributed by atoms with E-state index < -0.39 is 0 Å². The van der Waals surface area contributed by atoms with Crippen molar-refractivity contribution in [3.05, 3.63) is 33.8 Å². The summed E-state index contributed by atoms with van der Waals surface area (Å²) >= 11 is 3.43. The number of benzene rings is 1. The van der Waals surface area contributed by atoms with Gasteiger partial charge in [0.1, 0.15) is 0 Å². The highest BCUT2D eigenvalue weighted by Gasteiger charge is 2.17. The number of carbonyl (C=O) groups excluding carboxylic acids is 1. The summed E-state index contributed by atoms with van der Waals surface area (Å²) in [7, 11) is 0. The van der Waals surface area contributed by atoms with Gasteiger partial charge in [-0.05, 0) is 41.4 Å². The molecule has 1 rings (SSSR count). The molecule has 0 radical (unpaired) electrons. The van der Waals surface area contributed by atoms with Gasteiger partial charge >= 0.3 is 0 Å². The van der Waals surface area contributed by atoms with Gasteiger partial charge < -0.3 is 10.0 Å². The van der Waals surface area contributed by atoms with Crippen molar-refractivity contribution in [2.45, 2.75) is 39.5 Å². The van der Waals surface area contributed by atoms with E-state index in [-0.39, 0.29) is 12.5 Å². The van der Waals surface area contributed by atoms with Crippen molar-refractivity contribution in [2.24, 2.45) is 0 Å². The lowest BCUT2D eigenvalue weighted by molar-refractivity contribution is 0.0717. The van der Waals surface area contributed by atoms with E-state index in [0.29, 0.717) is 18.7 Å². The molecule has 1 amide bonds. The van der Waals surface area contributed by atoms with E-state index in [2.05, 4.69) is 22.9 Å². The number of aliphatic hydroxyl groups excluding tert-OH is 1. The molecule has 0 aliphatic heterocycles. The van der Waals surface area contributed by atoms with Crippen molar-refractivity contribution in [3.8, 4) is 0 Å². The Morgan fingerprint density at radius 3 is 2.65 bits per heavy atom. The number of hydrogen-bond donors (Lipinski definition) is 1. The molecule has 0 aliphatic rings. The summed E-state index contributed by atoms with van der Waals surface area (Å²) in [6.45, 7) is 5.25. The molecule has 0 unspecified atom stereocenters. The second-order valence-electron chi connectivity index (χ2n) is 5.06. The Kier molecular flexibility index (Phi) is 7.85. The van der Waals surface area contributed by atoms with Crippen LogP contribution in [0.4, 0.5) is 0 Å². The first kappa shape index (κ1) is 17.2. The van der Waals surface area contributed by atoms with Crippen LogP contribution in [-0.4, -0.2) is 35.6 Å². The van der Waals surface area contributed by atoms with Crippen molar-refractivity contribution in [1.82, 2.24) is 4.90 Å². The molecule has 4 heteroatoms. The molecule has 1 N–H and O–H groups in total. The fourth-order valence-electron chi connectivity index (χ4n) is 2.14. The van der Waals surface area contributed by atoms with E-state index in [1.807, 2.05) is 25.1 Å². The standard InChI is InChI=1S/C16H24BrNO2/c1-3-4-5-6-9-18(10-11-19)16(20)14-12-13(2)7-8-15(14)17/h7-8,12,19H,3-6,9-11H2,1-2H3. The van der Waals surface area contributed by atoms with E-state index in [9.17, 15) is 4.79 Å². The van der Waals surface area contributed by atoms with Crippen molar-refractivity contribution in [2.75, 3.05) is 19.7 Å². The lowest BCUT2D eigenvalue weighted by Crippen LogP contribution is -2.34. The molecule has 0 atom stereocenters. The van der Waals surface area contributed by atoms with Gasteiger partial charge in [-0.1, -0.05) is 37.8 Å². The van der Waals surface area contributed by atoms with Crippen LogP contribution in [0.3, 0.4) is 0 Å². The number of aryl methyl sites for hydroxylation is 1. The topological polar surface area (TPSA) is 40.5 Å². The van der Waals surface area contributed by atoms with E-state index in [1.165, 1.54) is 12.8 Å². The van der Waals surface area contributed by atoms with Crippen molar-refractivity contribution >= 4 is 21.8 Å². The molecule has 0 saturated heterocycles. The molecule has 0 saturated carbocycles. The average molecular weight is 342 g/mol. The minimum absolute atomic E-state index is 0.00293. The summed E-state index contributed by atoms with van der Waals surface area (Å²) in [4.78, 5) is 14.3. The minimum atomic E-state index is -0.00822. The SMILES string of the molecule is CCCCCCN(CCO)C(=O)c1cc(C)ccc1Br. The molecule has 0 fully saturated rings. The summed E-state index contributed by atoms with van der Waals surface area (Å²) in [5.41, 5.74) is 1.74. The summed E-state index contributed by atoms with van der Waals surface area (Å²) < 4.78 is 0.810. The Balaban J connectivity index is 2.74. The lowest BCUT2D eigenvalue weighted by Gasteiger charge is -2.22. The van der Waals surface area contributed by atoms with E-state index >= 15 is 0 Å². The molecule has 0 bridgehead atoms. The molecular weight excluding hydrogens is 318 g/mol. The number of carbonyl (C=O) groups is 1. The third kappa shape index (κ3) is 5.25. The second kappa shape index (κ2) is 9.14. The van der Waals surface area contributed by atoms with Crippen LogP contribution in [0.15, 0.2) is 22.7 Å². The van der Waals surface area contributed by atoms with Crippen LogP contribution in [0, 0.1) is 6.92 Å². The van der Waals surface area contributed by atoms with Crippen molar-refractivity contribution in [3.63, 3.8) is 0 Å². The quantitative estimate of drug-likeness (QED) is 0.731. The second-order valence-corrected chi connectivity index (χ2v) is 5.91. The lowest BCUT2D eigenvalue weighted by atomic mass is 10.1. The van der Waals surface area contributed by atoms with Gasteiger partial charge in [0, 0.05) is 17.6 Å². The monoisotopic (exact) mass is 341 g/mol. The predicted molar refractivity (Wildman–Crippen MR) is 86.0 cm³/mol. The van der Waals surface area contributed by atoms with Gasteiger partial charge in [-0.15, -0.1) is 0 Å². The fourth-order valence-corrected chi connectivity index (χ4v) is 2.55. The number of nitrogens with zero attached hydrogens (tertiary/aromatic N) is 1. The molecule has 112 valence electrons. The first-order valence-corrected chi connectivity index (χ1v) is 8.05. The maximum absolute atomic E-state index is 12.6. The summed E-state index contributed by atoms with van der Waals surface area (Å²) in [6, 6.07) is 5.76. The minimum Gasteiger partial charge on any atom is -0.395 e. The van der Waals surface area contributed by atoms with E-state index in [0.717, 1.165) is 22.9 Å². The number of amides is 1. The van der Waals surface area contributed by atoms with Crippen LogP contribution in [0.25, 0.3) is 0 Å². The van der Waals surface area contributed by atoms with Crippen LogP contribution < -0.4 is 0 Å². The number of hydrogen-bond acceptors (Lipinski definition) is 2. The molecule has 3 nitrogen and oxygen atoms in total. The smallest absolute Gasteiger partial charge is 0.255 e. The van der Waals surface area contributed by atoms with Crippen LogP contribution in [0.5, 0.6) is 0 Å². The Morgan fingerprint density at radius 1 is 1.25 bits per heavy atom. The van der Waals surface area contributed by atoms with Crippen LogP contribution >= 0.6 is 15.9 Å². The Labute approximate surface area is 130 Å². The Hall–Kier alpha value is -0.870. The summed E-state index contributed by atoms with van der Waals surface area (Å²) in [6.07, 6.45) is 4.48. The van der Waals surface area contributed by atoms with Crippen molar-refractivity contribution < 1.29 is 9.90 Å². The Morgan fingerprint density at radius 2 is 2.00 bits per heavy atom. The molecule has 0 aromatic heterocycles. The third-order valence-corrected chi connectivity index (χ3v) is 3.98. The first-order valence-electron chi connectivity index (χ1n) is 7.26. The highest BCUT2D eigenvalue weighted by molar-refractivity contribution is 9.10. The van der Waals surface area contributed by atoms with Gasteiger partial charge in [0.2, 0.25) is 0 Å². The summed E-state index contributed by atoms with van der Waals surface area (Å²) in [5, 5.41) is 9.15. The van der Waals surface area contributed by atoms with Gasteiger partial charge in [0.25, 0.3) is 5.91 Å². The molecule has 1 aromatic rings. The zero-order valence-electron chi connectivity index (χ0n) is 12.4. The molecule has 0 aliphatic carbocycles. The van der Waals surface area contributed by atoms with Crippen LogP contribution in [-0.2, 0) is 0 Å².